The molecule has 78 valence electrons. The lowest BCUT2D eigenvalue weighted by Crippen LogP contribution is -2.05. The molecule has 0 spiro atoms. The van der Waals surface area contributed by atoms with E-state index in [-0.39, 0.29) is 11.8 Å². The predicted molar refractivity (Wildman–Crippen MR) is 58.7 cm³/mol. The molecule has 15 heavy (non-hydrogen) atoms. The second-order valence-corrected chi connectivity index (χ2v) is 3.45. The summed E-state index contributed by atoms with van der Waals surface area (Å²) < 4.78 is 0. The molecule has 0 fully saturated rings. The van der Waals surface area contributed by atoms with Gasteiger partial charge in [0.15, 0.2) is 0 Å². The van der Waals surface area contributed by atoms with Crippen LogP contribution in [0.5, 0.6) is 5.75 Å². The van der Waals surface area contributed by atoms with Crippen LogP contribution in [0.3, 0.4) is 0 Å². The number of rotatable bonds is 3. The zero-order valence-corrected chi connectivity index (χ0v) is 8.44. The van der Waals surface area contributed by atoms with Crippen molar-refractivity contribution in [3.8, 4) is 5.75 Å². The lowest BCUT2D eigenvalue weighted by molar-refractivity contribution is 0.474. The van der Waals surface area contributed by atoms with Gasteiger partial charge >= 0.3 is 0 Å². The molecular weight excluding hydrogens is 190 g/mol. The predicted octanol–water partition coefficient (Wildman–Crippen LogP) is 2.29. The van der Waals surface area contributed by atoms with Crippen LogP contribution >= 0.6 is 0 Å². The normalized spacial score (nSPS) is 12.3. The Labute approximate surface area is 88.0 Å². The average Bonchev–Trinajstić information content (AvgIpc) is 2.70. The van der Waals surface area contributed by atoms with E-state index in [0.717, 1.165) is 11.3 Å². The van der Waals surface area contributed by atoms with Gasteiger partial charge in [0, 0.05) is 12.2 Å². The molecule has 1 atom stereocenters. The first kappa shape index (κ1) is 9.58. The highest BCUT2D eigenvalue weighted by Gasteiger charge is 2.05. The summed E-state index contributed by atoms with van der Waals surface area (Å²) >= 11 is 0. The van der Waals surface area contributed by atoms with Gasteiger partial charge in [-0.1, -0.05) is 12.1 Å². The maximum absolute atomic E-state index is 9.34. The topological polar surface area (TPSA) is 60.9 Å². The molecule has 0 aliphatic carbocycles. The molecule has 0 amide bonds. The molecule has 0 aliphatic rings. The van der Waals surface area contributed by atoms with Crippen LogP contribution in [0.1, 0.15) is 18.5 Å². The molecule has 1 aromatic carbocycles. The van der Waals surface area contributed by atoms with E-state index in [2.05, 4.69) is 15.5 Å². The first-order chi connectivity index (χ1) is 7.25. The van der Waals surface area contributed by atoms with Gasteiger partial charge in [0.1, 0.15) is 5.75 Å². The molecule has 2 rings (SSSR count). The summed E-state index contributed by atoms with van der Waals surface area (Å²) in [6.07, 6.45) is 3.51. The Morgan fingerprint density at radius 2 is 2.33 bits per heavy atom. The second kappa shape index (κ2) is 4.04. The van der Waals surface area contributed by atoms with Crippen LogP contribution in [-0.2, 0) is 0 Å². The fraction of sp³-hybridized carbons (Fsp3) is 0.182. The van der Waals surface area contributed by atoms with Crippen LogP contribution in [0, 0.1) is 0 Å². The number of aromatic amines is 1. The fourth-order valence-electron chi connectivity index (χ4n) is 1.46. The summed E-state index contributed by atoms with van der Waals surface area (Å²) in [5, 5.41) is 19.2. The van der Waals surface area contributed by atoms with Gasteiger partial charge in [-0.25, -0.2) is 0 Å². The largest absolute Gasteiger partial charge is 0.508 e. The van der Waals surface area contributed by atoms with E-state index in [1.807, 2.05) is 19.1 Å². The van der Waals surface area contributed by atoms with Crippen LogP contribution in [-0.4, -0.2) is 15.3 Å². The zero-order valence-electron chi connectivity index (χ0n) is 8.44. The Morgan fingerprint density at radius 1 is 1.47 bits per heavy atom. The monoisotopic (exact) mass is 203 g/mol. The van der Waals surface area contributed by atoms with E-state index in [4.69, 9.17) is 0 Å². The highest BCUT2D eigenvalue weighted by Crippen LogP contribution is 2.21. The number of nitrogens with zero attached hydrogens (tertiary/aromatic N) is 1. The molecule has 2 aromatic rings. The van der Waals surface area contributed by atoms with Crippen molar-refractivity contribution in [3.05, 3.63) is 42.2 Å². The Kier molecular flexibility index (Phi) is 2.58. The van der Waals surface area contributed by atoms with Gasteiger partial charge < -0.3 is 10.4 Å². The molecule has 1 unspecified atom stereocenters. The first-order valence-electron chi connectivity index (χ1n) is 4.80. The lowest BCUT2D eigenvalue weighted by atomic mass is 10.1. The smallest absolute Gasteiger partial charge is 0.115 e. The molecular formula is C11H13N3O. The fourth-order valence-corrected chi connectivity index (χ4v) is 1.46. The Morgan fingerprint density at radius 3 is 3.00 bits per heavy atom. The third-order valence-electron chi connectivity index (χ3n) is 2.25. The van der Waals surface area contributed by atoms with E-state index in [9.17, 15) is 5.11 Å². The molecule has 1 heterocycles. The number of nitrogens with one attached hydrogen (secondary N) is 2. The van der Waals surface area contributed by atoms with Crippen molar-refractivity contribution in [2.24, 2.45) is 0 Å². The Hall–Kier alpha value is -1.97. The van der Waals surface area contributed by atoms with Crippen molar-refractivity contribution < 1.29 is 5.11 Å². The minimum absolute atomic E-state index is 0.134. The first-order valence-corrected chi connectivity index (χ1v) is 4.80. The Bertz CT molecular complexity index is 425. The van der Waals surface area contributed by atoms with Crippen molar-refractivity contribution in [2.45, 2.75) is 13.0 Å². The van der Waals surface area contributed by atoms with E-state index in [0.29, 0.717) is 0 Å². The van der Waals surface area contributed by atoms with Crippen molar-refractivity contribution in [1.82, 2.24) is 10.2 Å². The molecule has 0 bridgehead atoms. The molecule has 0 aliphatic heterocycles. The standard InChI is InChI=1S/C11H13N3O/c1-8(14-10-6-12-13-7-10)9-3-2-4-11(15)5-9/h2-8,14-15H,1H3,(H,12,13). The molecule has 0 radical (unpaired) electrons. The van der Waals surface area contributed by atoms with E-state index >= 15 is 0 Å². The van der Waals surface area contributed by atoms with Gasteiger partial charge in [-0.3, -0.25) is 5.10 Å². The number of H-pyrrole nitrogens is 1. The van der Waals surface area contributed by atoms with Crippen molar-refractivity contribution >= 4 is 5.69 Å². The highest BCUT2D eigenvalue weighted by molar-refractivity contribution is 5.42. The maximum atomic E-state index is 9.34. The molecule has 3 N–H and O–H groups in total. The number of phenolic OH excluding ortho intramolecular Hbond substituents is 1. The van der Waals surface area contributed by atoms with Crippen molar-refractivity contribution in [2.75, 3.05) is 5.32 Å². The zero-order chi connectivity index (χ0) is 10.7. The van der Waals surface area contributed by atoms with Gasteiger partial charge in [0.25, 0.3) is 0 Å². The molecule has 1 aromatic heterocycles. The summed E-state index contributed by atoms with van der Waals surface area (Å²) in [6, 6.07) is 7.34. The van der Waals surface area contributed by atoms with Crippen LogP contribution < -0.4 is 5.32 Å². The van der Waals surface area contributed by atoms with Gasteiger partial charge in [-0.15, -0.1) is 0 Å². The van der Waals surface area contributed by atoms with Gasteiger partial charge in [-0.2, -0.15) is 5.10 Å². The van der Waals surface area contributed by atoms with Gasteiger partial charge in [0.2, 0.25) is 0 Å². The molecule has 4 nitrogen and oxygen atoms in total. The average molecular weight is 203 g/mol. The second-order valence-electron chi connectivity index (χ2n) is 3.45. The quantitative estimate of drug-likeness (QED) is 0.717. The van der Waals surface area contributed by atoms with Crippen molar-refractivity contribution in [3.63, 3.8) is 0 Å². The Balaban J connectivity index is 2.11. The number of anilines is 1. The lowest BCUT2D eigenvalue weighted by Gasteiger charge is -2.13. The number of aromatic nitrogens is 2. The number of phenols is 1. The number of hydrogen-bond donors (Lipinski definition) is 3. The molecule has 4 heteroatoms. The number of benzene rings is 1. The third kappa shape index (κ3) is 2.28. The van der Waals surface area contributed by atoms with Gasteiger partial charge in [0.05, 0.1) is 11.9 Å². The number of aromatic hydroxyl groups is 1. The van der Waals surface area contributed by atoms with E-state index in [1.54, 1.807) is 24.5 Å². The van der Waals surface area contributed by atoms with Crippen LogP contribution in [0.4, 0.5) is 5.69 Å². The summed E-state index contributed by atoms with van der Waals surface area (Å²) in [5.41, 5.74) is 1.97. The minimum atomic E-state index is 0.134. The minimum Gasteiger partial charge on any atom is -0.508 e. The highest BCUT2D eigenvalue weighted by atomic mass is 16.3. The molecule has 0 saturated carbocycles. The number of hydrogen-bond acceptors (Lipinski definition) is 3. The van der Waals surface area contributed by atoms with E-state index < -0.39 is 0 Å². The summed E-state index contributed by atoms with van der Waals surface area (Å²) in [5.74, 6) is 0.286. The maximum Gasteiger partial charge on any atom is 0.115 e. The SMILES string of the molecule is CC(Nc1cn[nH]c1)c1cccc(O)c1. The van der Waals surface area contributed by atoms with Crippen LogP contribution in [0.15, 0.2) is 36.7 Å². The summed E-state index contributed by atoms with van der Waals surface area (Å²) in [7, 11) is 0. The molecule has 0 saturated heterocycles. The summed E-state index contributed by atoms with van der Waals surface area (Å²) in [6.45, 7) is 2.03. The third-order valence-corrected chi connectivity index (χ3v) is 2.25. The van der Waals surface area contributed by atoms with Crippen LogP contribution in [0.25, 0.3) is 0 Å². The van der Waals surface area contributed by atoms with Crippen LogP contribution in [0.2, 0.25) is 0 Å². The summed E-state index contributed by atoms with van der Waals surface area (Å²) in [4.78, 5) is 0. The van der Waals surface area contributed by atoms with E-state index in [1.165, 1.54) is 0 Å². The van der Waals surface area contributed by atoms with Gasteiger partial charge in [-0.05, 0) is 24.6 Å². The van der Waals surface area contributed by atoms with Crippen molar-refractivity contribution in [1.29, 1.82) is 0 Å².